The highest BCUT2D eigenvalue weighted by atomic mass is 16.5. The van der Waals surface area contributed by atoms with Gasteiger partial charge in [0, 0.05) is 12.2 Å². The number of hydrogen-bond acceptors (Lipinski definition) is 4. The van der Waals surface area contributed by atoms with Crippen LogP contribution in [0.2, 0.25) is 0 Å². The van der Waals surface area contributed by atoms with Crippen LogP contribution in [-0.2, 0) is 9.53 Å². The molecule has 0 heterocycles. The molecular formula is C15H28O4. The molecule has 0 saturated heterocycles. The first-order valence-corrected chi connectivity index (χ1v) is 6.96. The zero-order chi connectivity index (χ0) is 15.1. The monoisotopic (exact) mass is 272 g/mol. The third-order valence-electron chi connectivity index (χ3n) is 4.08. The van der Waals surface area contributed by atoms with E-state index in [2.05, 4.69) is 6.92 Å². The Balaban J connectivity index is 5.55. The molecule has 1 unspecified atom stereocenters. The number of aliphatic hydroxyl groups is 2. The van der Waals surface area contributed by atoms with Crippen molar-refractivity contribution in [2.45, 2.75) is 59.5 Å². The molecular weight excluding hydrogens is 244 g/mol. The van der Waals surface area contributed by atoms with Crippen LogP contribution in [-0.4, -0.2) is 36.0 Å². The number of carbonyl (C=O) groups is 1. The van der Waals surface area contributed by atoms with Crippen LogP contribution in [0, 0.1) is 5.41 Å². The summed E-state index contributed by atoms with van der Waals surface area (Å²) in [7, 11) is 1.35. The Morgan fingerprint density at radius 1 is 1.32 bits per heavy atom. The van der Waals surface area contributed by atoms with Crippen LogP contribution in [0.4, 0.5) is 0 Å². The molecule has 0 bridgehead atoms. The number of esters is 1. The molecule has 0 aromatic carbocycles. The van der Waals surface area contributed by atoms with Gasteiger partial charge < -0.3 is 14.9 Å². The summed E-state index contributed by atoms with van der Waals surface area (Å²) in [5.41, 5.74) is 1.00. The van der Waals surface area contributed by atoms with Crippen molar-refractivity contribution in [3.8, 4) is 0 Å². The fraction of sp³-hybridized carbons (Fsp3) is 0.800. The minimum atomic E-state index is -0.712. The highest BCUT2D eigenvalue weighted by molar-refractivity contribution is 5.89. The van der Waals surface area contributed by atoms with Gasteiger partial charge in [-0.25, -0.2) is 4.79 Å². The summed E-state index contributed by atoms with van der Waals surface area (Å²) in [5.74, 6) is -0.397. The van der Waals surface area contributed by atoms with E-state index in [-0.39, 0.29) is 12.0 Å². The van der Waals surface area contributed by atoms with E-state index in [9.17, 15) is 9.90 Å². The minimum absolute atomic E-state index is 0.0383. The van der Waals surface area contributed by atoms with Gasteiger partial charge in [-0.1, -0.05) is 20.8 Å². The van der Waals surface area contributed by atoms with Crippen LogP contribution in [0.25, 0.3) is 0 Å². The van der Waals surface area contributed by atoms with E-state index in [4.69, 9.17) is 9.84 Å². The van der Waals surface area contributed by atoms with Crippen molar-refractivity contribution >= 4 is 5.97 Å². The average Bonchev–Trinajstić information content (AvgIpc) is 2.43. The lowest BCUT2D eigenvalue weighted by molar-refractivity contribution is -0.136. The van der Waals surface area contributed by atoms with Gasteiger partial charge >= 0.3 is 5.97 Å². The van der Waals surface area contributed by atoms with E-state index in [1.165, 1.54) is 7.11 Å². The molecule has 112 valence electrons. The molecule has 19 heavy (non-hydrogen) atoms. The minimum Gasteiger partial charge on any atom is -0.466 e. The van der Waals surface area contributed by atoms with Gasteiger partial charge in [0.2, 0.25) is 0 Å². The van der Waals surface area contributed by atoms with Crippen LogP contribution < -0.4 is 0 Å². The van der Waals surface area contributed by atoms with Crippen molar-refractivity contribution in [1.29, 1.82) is 0 Å². The Bertz CT molecular complexity index is 316. The zero-order valence-electron chi connectivity index (χ0n) is 12.8. The average molecular weight is 272 g/mol. The number of methoxy groups -OCH3 is 1. The summed E-state index contributed by atoms with van der Waals surface area (Å²) in [5, 5.41) is 19.3. The molecule has 4 heteroatoms. The van der Waals surface area contributed by atoms with E-state index >= 15 is 0 Å². The maximum Gasteiger partial charge on any atom is 0.333 e. The Labute approximate surface area is 116 Å². The van der Waals surface area contributed by atoms with Gasteiger partial charge in [-0.2, -0.15) is 0 Å². The molecule has 2 N–H and O–H groups in total. The molecule has 0 aliphatic heterocycles. The molecule has 0 spiro atoms. The summed E-state index contributed by atoms with van der Waals surface area (Å²) < 4.78 is 4.77. The number of aliphatic hydroxyl groups excluding tert-OH is 2. The second-order valence-electron chi connectivity index (χ2n) is 5.18. The molecule has 0 rings (SSSR count). The second kappa shape index (κ2) is 8.33. The van der Waals surface area contributed by atoms with E-state index in [0.29, 0.717) is 18.4 Å². The fourth-order valence-corrected chi connectivity index (χ4v) is 2.43. The molecule has 0 fully saturated rings. The number of carbonyl (C=O) groups excluding carboxylic acids is 1. The van der Waals surface area contributed by atoms with Crippen molar-refractivity contribution in [2.24, 2.45) is 5.41 Å². The Hall–Kier alpha value is -0.870. The summed E-state index contributed by atoms with van der Waals surface area (Å²) in [6.45, 7) is 7.89. The highest BCUT2D eigenvalue weighted by Gasteiger charge is 2.33. The molecule has 0 saturated carbocycles. The lowest BCUT2D eigenvalue weighted by atomic mass is 9.72. The second-order valence-corrected chi connectivity index (χ2v) is 5.18. The Morgan fingerprint density at radius 3 is 2.21 bits per heavy atom. The maximum atomic E-state index is 11.8. The van der Waals surface area contributed by atoms with Crippen LogP contribution in [0.5, 0.6) is 0 Å². The third kappa shape index (κ3) is 4.62. The van der Waals surface area contributed by atoms with Gasteiger partial charge in [-0.05, 0) is 43.6 Å². The smallest absolute Gasteiger partial charge is 0.333 e. The summed E-state index contributed by atoms with van der Waals surface area (Å²) in [4.78, 5) is 11.8. The van der Waals surface area contributed by atoms with Gasteiger partial charge in [0.05, 0.1) is 13.2 Å². The predicted octanol–water partition coefficient (Wildman–Crippen LogP) is 2.44. The van der Waals surface area contributed by atoms with Crippen LogP contribution in [0.15, 0.2) is 11.1 Å². The first kappa shape index (κ1) is 18.1. The van der Waals surface area contributed by atoms with Crippen LogP contribution >= 0.6 is 0 Å². The third-order valence-corrected chi connectivity index (χ3v) is 4.08. The van der Waals surface area contributed by atoms with E-state index in [1.807, 2.05) is 13.8 Å². The molecule has 4 nitrogen and oxygen atoms in total. The number of rotatable bonds is 8. The molecule has 0 radical (unpaired) electrons. The largest absolute Gasteiger partial charge is 0.466 e. The first-order chi connectivity index (χ1) is 8.87. The quantitative estimate of drug-likeness (QED) is 0.526. The lowest BCUT2D eigenvalue weighted by Crippen LogP contribution is -2.30. The standard InChI is InChI=1S/C15H28O4/c1-6-15(4,7-2)13(11(3)14(18)19-5)12(17)9-8-10-16/h12,16-17H,6-10H2,1-5H3. The van der Waals surface area contributed by atoms with Crippen molar-refractivity contribution < 1.29 is 19.7 Å². The number of hydrogen-bond donors (Lipinski definition) is 2. The van der Waals surface area contributed by atoms with E-state index in [1.54, 1.807) is 6.92 Å². The molecule has 0 amide bonds. The maximum absolute atomic E-state index is 11.8. The predicted molar refractivity (Wildman–Crippen MR) is 75.7 cm³/mol. The van der Waals surface area contributed by atoms with Gasteiger partial charge in [0.25, 0.3) is 0 Å². The highest BCUT2D eigenvalue weighted by Crippen LogP contribution is 2.39. The van der Waals surface area contributed by atoms with Gasteiger partial charge in [0.1, 0.15) is 0 Å². The van der Waals surface area contributed by atoms with Gasteiger partial charge in [-0.15, -0.1) is 0 Å². The molecule has 0 aromatic rings. The van der Waals surface area contributed by atoms with Crippen LogP contribution in [0.1, 0.15) is 53.4 Å². The van der Waals surface area contributed by atoms with Gasteiger partial charge in [-0.3, -0.25) is 0 Å². The van der Waals surface area contributed by atoms with Crippen molar-refractivity contribution in [2.75, 3.05) is 13.7 Å². The normalized spacial score (nSPS) is 14.9. The summed E-state index contributed by atoms with van der Waals surface area (Å²) in [6.07, 6.45) is 1.93. The number of ether oxygens (including phenoxy) is 1. The molecule has 0 aliphatic carbocycles. The van der Waals surface area contributed by atoms with Crippen molar-refractivity contribution in [3.63, 3.8) is 0 Å². The lowest BCUT2D eigenvalue weighted by Gasteiger charge is -2.34. The fourth-order valence-electron chi connectivity index (χ4n) is 2.43. The van der Waals surface area contributed by atoms with E-state index < -0.39 is 12.1 Å². The zero-order valence-corrected chi connectivity index (χ0v) is 12.8. The SMILES string of the molecule is CCC(C)(CC)C(=C(C)C(=O)OC)C(O)CCCO. The first-order valence-electron chi connectivity index (χ1n) is 6.96. The summed E-state index contributed by atoms with van der Waals surface area (Å²) in [6, 6.07) is 0. The van der Waals surface area contributed by atoms with E-state index in [0.717, 1.165) is 18.4 Å². The molecule has 1 atom stereocenters. The Kier molecular flexibility index (Phi) is 7.95. The molecule has 0 aliphatic rings. The van der Waals surface area contributed by atoms with Crippen molar-refractivity contribution in [3.05, 3.63) is 11.1 Å². The topological polar surface area (TPSA) is 66.8 Å². The Morgan fingerprint density at radius 2 is 1.84 bits per heavy atom. The molecule has 0 aromatic heterocycles. The summed E-state index contributed by atoms with van der Waals surface area (Å²) >= 11 is 0. The van der Waals surface area contributed by atoms with Crippen LogP contribution in [0.3, 0.4) is 0 Å². The van der Waals surface area contributed by atoms with Gasteiger partial charge in [0.15, 0.2) is 0 Å². The van der Waals surface area contributed by atoms with Crippen molar-refractivity contribution in [1.82, 2.24) is 0 Å².